The normalized spacial score (nSPS) is 31.8. The van der Waals surface area contributed by atoms with Crippen molar-refractivity contribution in [1.29, 1.82) is 5.26 Å². The molecule has 2 heteroatoms. The van der Waals surface area contributed by atoms with Crippen LogP contribution < -0.4 is 0 Å². The standard InChI is InChI=1S/C9H15NS/c1-9(2,3)8-5-4-7(6-10)11-8/h7-8H,4-5H2,1-3H3. The maximum absolute atomic E-state index is 8.68. The van der Waals surface area contributed by atoms with Crippen LogP contribution in [0, 0.1) is 16.7 Å². The van der Waals surface area contributed by atoms with Crippen molar-refractivity contribution in [3.8, 4) is 6.07 Å². The summed E-state index contributed by atoms with van der Waals surface area (Å²) in [6.07, 6.45) is 2.30. The first-order valence-electron chi connectivity index (χ1n) is 4.09. The monoisotopic (exact) mass is 169 g/mol. The van der Waals surface area contributed by atoms with Gasteiger partial charge in [-0.1, -0.05) is 20.8 Å². The van der Waals surface area contributed by atoms with Crippen molar-refractivity contribution < 1.29 is 0 Å². The van der Waals surface area contributed by atoms with Crippen molar-refractivity contribution in [3.63, 3.8) is 0 Å². The molecule has 2 unspecified atom stereocenters. The molecule has 0 saturated carbocycles. The molecule has 1 rings (SSSR count). The van der Waals surface area contributed by atoms with Gasteiger partial charge in [-0.05, 0) is 18.3 Å². The first kappa shape index (κ1) is 8.93. The van der Waals surface area contributed by atoms with Crippen LogP contribution in [-0.2, 0) is 0 Å². The van der Waals surface area contributed by atoms with Gasteiger partial charge in [0.15, 0.2) is 0 Å². The molecular weight excluding hydrogens is 154 g/mol. The Morgan fingerprint density at radius 3 is 2.27 bits per heavy atom. The number of rotatable bonds is 0. The molecule has 0 aliphatic carbocycles. The van der Waals surface area contributed by atoms with Crippen LogP contribution in [0.1, 0.15) is 33.6 Å². The molecule has 0 bridgehead atoms. The third kappa shape index (κ3) is 2.13. The Kier molecular flexibility index (Phi) is 2.49. The molecule has 62 valence electrons. The van der Waals surface area contributed by atoms with Gasteiger partial charge in [0.2, 0.25) is 0 Å². The summed E-state index contributed by atoms with van der Waals surface area (Å²) in [7, 11) is 0. The van der Waals surface area contributed by atoms with Crippen molar-refractivity contribution in [2.75, 3.05) is 0 Å². The van der Waals surface area contributed by atoms with Gasteiger partial charge >= 0.3 is 0 Å². The van der Waals surface area contributed by atoms with Crippen LogP contribution >= 0.6 is 11.8 Å². The SMILES string of the molecule is CC(C)(C)C1CCC(C#N)S1. The predicted octanol–water partition coefficient (Wildman–Crippen LogP) is 2.82. The molecule has 0 radical (unpaired) electrons. The van der Waals surface area contributed by atoms with Crippen LogP contribution in [0.15, 0.2) is 0 Å². The fraction of sp³-hybridized carbons (Fsp3) is 0.889. The lowest BCUT2D eigenvalue weighted by Gasteiger charge is -2.25. The van der Waals surface area contributed by atoms with E-state index in [-0.39, 0.29) is 5.25 Å². The Morgan fingerprint density at radius 1 is 1.36 bits per heavy atom. The van der Waals surface area contributed by atoms with Gasteiger partial charge < -0.3 is 0 Å². The Hall–Kier alpha value is -0.160. The van der Waals surface area contributed by atoms with Crippen LogP contribution in [0.4, 0.5) is 0 Å². The van der Waals surface area contributed by atoms with Crippen molar-refractivity contribution in [1.82, 2.24) is 0 Å². The molecule has 1 heterocycles. The highest BCUT2D eigenvalue weighted by molar-refractivity contribution is 8.01. The lowest BCUT2D eigenvalue weighted by molar-refractivity contribution is 0.386. The van der Waals surface area contributed by atoms with E-state index in [1.807, 2.05) is 11.8 Å². The second-order valence-electron chi connectivity index (χ2n) is 4.19. The number of hydrogen-bond acceptors (Lipinski definition) is 2. The summed E-state index contributed by atoms with van der Waals surface area (Å²) in [6, 6.07) is 2.33. The zero-order chi connectivity index (χ0) is 8.48. The lowest BCUT2D eigenvalue weighted by atomic mass is 9.89. The van der Waals surface area contributed by atoms with E-state index in [2.05, 4.69) is 26.8 Å². The van der Waals surface area contributed by atoms with Gasteiger partial charge in [0.1, 0.15) is 0 Å². The molecule has 0 amide bonds. The molecule has 1 fully saturated rings. The summed E-state index contributed by atoms with van der Waals surface area (Å²) in [5.74, 6) is 0. The first-order valence-corrected chi connectivity index (χ1v) is 5.03. The van der Waals surface area contributed by atoms with E-state index in [1.165, 1.54) is 6.42 Å². The summed E-state index contributed by atoms with van der Waals surface area (Å²) in [6.45, 7) is 6.76. The fourth-order valence-electron chi connectivity index (χ4n) is 1.37. The summed E-state index contributed by atoms with van der Waals surface area (Å²) < 4.78 is 0. The Morgan fingerprint density at radius 2 is 2.00 bits per heavy atom. The topological polar surface area (TPSA) is 23.8 Å². The molecule has 0 aromatic rings. The van der Waals surface area contributed by atoms with Crippen molar-refractivity contribution >= 4 is 11.8 Å². The van der Waals surface area contributed by atoms with E-state index < -0.39 is 0 Å². The van der Waals surface area contributed by atoms with Crippen molar-refractivity contribution in [2.45, 2.75) is 44.1 Å². The van der Waals surface area contributed by atoms with E-state index in [1.54, 1.807) is 0 Å². The van der Waals surface area contributed by atoms with Crippen molar-refractivity contribution in [3.05, 3.63) is 0 Å². The largest absolute Gasteiger partial charge is 0.197 e. The molecule has 2 atom stereocenters. The molecular formula is C9H15NS. The van der Waals surface area contributed by atoms with Gasteiger partial charge in [0.05, 0.1) is 11.3 Å². The van der Waals surface area contributed by atoms with E-state index in [9.17, 15) is 0 Å². The second kappa shape index (κ2) is 3.06. The van der Waals surface area contributed by atoms with Crippen molar-refractivity contribution in [2.24, 2.45) is 5.41 Å². The van der Waals surface area contributed by atoms with Gasteiger partial charge in [0, 0.05) is 5.25 Å². The molecule has 0 N–H and O–H groups in total. The van der Waals surface area contributed by atoms with Gasteiger partial charge in [0.25, 0.3) is 0 Å². The molecule has 1 aliphatic rings. The van der Waals surface area contributed by atoms with Crippen LogP contribution in [0.5, 0.6) is 0 Å². The predicted molar refractivity (Wildman–Crippen MR) is 49.5 cm³/mol. The average Bonchev–Trinajstić information content (AvgIpc) is 2.32. The molecule has 1 aliphatic heterocycles. The van der Waals surface area contributed by atoms with E-state index >= 15 is 0 Å². The van der Waals surface area contributed by atoms with Crippen LogP contribution in [0.2, 0.25) is 0 Å². The van der Waals surface area contributed by atoms with E-state index in [0.29, 0.717) is 10.7 Å². The molecule has 0 spiro atoms. The fourth-order valence-corrected chi connectivity index (χ4v) is 2.78. The number of nitriles is 1. The van der Waals surface area contributed by atoms with Gasteiger partial charge in [-0.15, -0.1) is 11.8 Å². The maximum Gasteiger partial charge on any atom is 0.0920 e. The van der Waals surface area contributed by atoms with E-state index in [4.69, 9.17) is 5.26 Å². The van der Waals surface area contributed by atoms with Gasteiger partial charge in [-0.25, -0.2) is 0 Å². The van der Waals surface area contributed by atoms with Crippen LogP contribution in [0.3, 0.4) is 0 Å². The highest BCUT2D eigenvalue weighted by Crippen LogP contribution is 2.42. The van der Waals surface area contributed by atoms with E-state index in [0.717, 1.165) is 6.42 Å². The zero-order valence-electron chi connectivity index (χ0n) is 7.42. The minimum atomic E-state index is 0.263. The first-order chi connectivity index (χ1) is 5.04. The Bertz CT molecular complexity index is 175. The van der Waals surface area contributed by atoms with Crippen LogP contribution in [-0.4, -0.2) is 10.5 Å². The van der Waals surface area contributed by atoms with Gasteiger partial charge in [-0.3, -0.25) is 0 Å². The number of nitrogens with zero attached hydrogens (tertiary/aromatic N) is 1. The molecule has 1 nitrogen and oxygen atoms in total. The maximum atomic E-state index is 8.68. The summed E-state index contributed by atoms with van der Waals surface area (Å²) in [4.78, 5) is 0. The van der Waals surface area contributed by atoms with Gasteiger partial charge in [-0.2, -0.15) is 5.26 Å². The summed E-state index contributed by atoms with van der Waals surface area (Å²) in [5, 5.41) is 9.63. The highest BCUT2D eigenvalue weighted by atomic mass is 32.2. The molecule has 11 heavy (non-hydrogen) atoms. The summed E-state index contributed by atoms with van der Waals surface area (Å²) >= 11 is 1.86. The highest BCUT2D eigenvalue weighted by Gasteiger charge is 2.33. The Labute approximate surface area is 73.2 Å². The quantitative estimate of drug-likeness (QED) is 0.556. The average molecular weight is 169 g/mol. The second-order valence-corrected chi connectivity index (χ2v) is 5.60. The smallest absolute Gasteiger partial charge is 0.0920 e. The number of hydrogen-bond donors (Lipinski definition) is 0. The van der Waals surface area contributed by atoms with Crippen LogP contribution in [0.25, 0.3) is 0 Å². The molecule has 0 aromatic carbocycles. The minimum Gasteiger partial charge on any atom is -0.197 e. The Balaban J connectivity index is 2.50. The number of thioether (sulfide) groups is 1. The molecule has 1 saturated heterocycles. The molecule has 0 aromatic heterocycles. The third-order valence-electron chi connectivity index (χ3n) is 2.13. The summed E-state index contributed by atoms with van der Waals surface area (Å²) in [5.41, 5.74) is 0.371. The zero-order valence-corrected chi connectivity index (χ0v) is 8.24. The minimum absolute atomic E-state index is 0.263. The lowest BCUT2D eigenvalue weighted by Crippen LogP contribution is -2.20. The third-order valence-corrected chi connectivity index (χ3v) is 4.07.